The zero-order valence-corrected chi connectivity index (χ0v) is 19.9. The minimum Gasteiger partial charge on any atom is -0.334 e. The Hall–Kier alpha value is -3.39. The van der Waals surface area contributed by atoms with Crippen molar-refractivity contribution in [3.05, 3.63) is 69.9 Å². The maximum Gasteiger partial charge on any atom is 0.317 e. The molecule has 3 aromatic rings. The monoisotopic (exact) mass is 461 g/mol. The van der Waals surface area contributed by atoms with Crippen molar-refractivity contribution in [2.45, 2.75) is 44.7 Å². The fourth-order valence-corrected chi connectivity index (χ4v) is 5.88. The highest BCUT2D eigenvalue weighted by molar-refractivity contribution is 5.90. The number of benzene rings is 2. The van der Waals surface area contributed by atoms with Gasteiger partial charge >= 0.3 is 6.03 Å². The second-order valence-corrected chi connectivity index (χ2v) is 9.41. The van der Waals surface area contributed by atoms with Crippen LogP contribution in [0.5, 0.6) is 0 Å². The summed E-state index contributed by atoms with van der Waals surface area (Å²) in [7, 11) is 2.16. The SMILES string of the molecule is CCN(CC)C(=O)N[C@H]1C[C@@H]2c3cccc4c3c(cn4-c3ccc([N+](=O)[O-])cc3)C[C@H]2N(C)C1. The Morgan fingerprint density at radius 2 is 1.91 bits per heavy atom. The second kappa shape index (κ2) is 8.76. The zero-order chi connectivity index (χ0) is 24.0. The molecule has 2 amide bonds. The van der Waals surface area contributed by atoms with Crippen LogP contribution in [0.2, 0.25) is 0 Å². The van der Waals surface area contributed by atoms with Gasteiger partial charge in [0, 0.05) is 67.0 Å². The molecule has 2 aromatic carbocycles. The van der Waals surface area contributed by atoms with Crippen molar-refractivity contribution in [2.75, 3.05) is 26.7 Å². The first-order valence-corrected chi connectivity index (χ1v) is 12.0. The van der Waals surface area contributed by atoms with Gasteiger partial charge in [0.25, 0.3) is 5.69 Å². The number of nitro groups is 1. The molecule has 1 fully saturated rings. The number of nitro benzene ring substituents is 1. The molecule has 0 spiro atoms. The molecule has 0 radical (unpaired) electrons. The molecule has 1 N–H and O–H groups in total. The highest BCUT2D eigenvalue weighted by Crippen LogP contribution is 2.44. The summed E-state index contributed by atoms with van der Waals surface area (Å²) < 4.78 is 2.15. The first kappa shape index (κ1) is 22.4. The molecule has 8 heteroatoms. The minimum atomic E-state index is -0.370. The van der Waals surface area contributed by atoms with Crippen molar-refractivity contribution in [3.8, 4) is 5.69 Å². The number of likely N-dealkylation sites (tertiary alicyclic amines) is 1. The Morgan fingerprint density at radius 3 is 2.59 bits per heavy atom. The van der Waals surface area contributed by atoms with Crippen LogP contribution in [0.4, 0.5) is 10.5 Å². The van der Waals surface area contributed by atoms with E-state index in [1.54, 1.807) is 12.1 Å². The highest BCUT2D eigenvalue weighted by Gasteiger charge is 2.40. The van der Waals surface area contributed by atoms with Crippen LogP contribution in [-0.4, -0.2) is 64.1 Å². The first-order valence-electron chi connectivity index (χ1n) is 12.0. The number of amides is 2. The molecule has 3 atom stereocenters. The lowest BCUT2D eigenvalue weighted by Gasteiger charge is -2.45. The molecule has 5 rings (SSSR count). The van der Waals surface area contributed by atoms with Gasteiger partial charge in [-0.05, 0) is 63.1 Å². The van der Waals surface area contributed by atoms with Crippen LogP contribution < -0.4 is 5.32 Å². The van der Waals surface area contributed by atoms with E-state index in [1.165, 1.54) is 16.5 Å². The molecule has 1 saturated heterocycles. The molecule has 8 nitrogen and oxygen atoms in total. The molecule has 34 heavy (non-hydrogen) atoms. The van der Waals surface area contributed by atoms with Crippen LogP contribution in [-0.2, 0) is 6.42 Å². The van der Waals surface area contributed by atoms with Crippen molar-refractivity contribution in [2.24, 2.45) is 0 Å². The number of aromatic nitrogens is 1. The number of carbonyl (C=O) groups excluding carboxylic acids is 1. The minimum absolute atomic E-state index is 0.0147. The van der Waals surface area contributed by atoms with Crippen LogP contribution in [0.15, 0.2) is 48.7 Å². The number of non-ortho nitro benzene ring substituents is 1. The zero-order valence-electron chi connectivity index (χ0n) is 19.9. The number of urea groups is 1. The fourth-order valence-electron chi connectivity index (χ4n) is 5.88. The molecule has 0 unspecified atom stereocenters. The Bertz CT molecular complexity index is 1230. The molecular formula is C26H31N5O3. The van der Waals surface area contributed by atoms with Gasteiger partial charge in [-0.25, -0.2) is 4.79 Å². The summed E-state index contributed by atoms with van der Waals surface area (Å²) in [5.41, 5.74) is 4.77. The van der Waals surface area contributed by atoms with Crippen LogP contribution in [0.1, 0.15) is 37.3 Å². The summed E-state index contributed by atoms with van der Waals surface area (Å²) in [5, 5.41) is 15.6. The van der Waals surface area contributed by atoms with Crippen molar-refractivity contribution in [1.29, 1.82) is 0 Å². The molecular weight excluding hydrogens is 430 g/mol. The number of piperidine rings is 1. The van der Waals surface area contributed by atoms with Gasteiger partial charge in [-0.2, -0.15) is 0 Å². The van der Waals surface area contributed by atoms with Gasteiger partial charge in [-0.15, -0.1) is 0 Å². The van der Waals surface area contributed by atoms with E-state index in [2.05, 4.69) is 46.2 Å². The number of hydrogen-bond acceptors (Lipinski definition) is 4. The van der Waals surface area contributed by atoms with Gasteiger partial charge in [-0.1, -0.05) is 12.1 Å². The predicted octanol–water partition coefficient (Wildman–Crippen LogP) is 4.30. The van der Waals surface area contributed by atoms with Gasteiger partial charge in [0.2, 0.25) is 0 Å². The van der Waals surface area contributed by atoms with Crippen molar-refractivity contribution in [1.82, 2.24) is 19.7 Å². The third-order valence-corrected chi connectivity index (χ3v) is 7.56. The molecule has 178 valence electrons. The molecule has 1 aromatic heterocycles. The number of fused-ring (bicyclic) bond motifs is 2. The third-order valence-electron chi connectivity index (χ3n) is 7.56. The van der Waals surface area contributed by atoms with E-state index in [9.17, 15) is 14.9 Å². The van der Waals surface area contributed by atoms with E-state index in [0.717, 1.165) is 30.6 Å². The van der Waals surface area contributed by atoms with Crippen LogP contribution >= 0.6 is 0 Å². The van der Waals surface area contributed by atoms with Crippen molar-refractivity contribution in [3.63, 3.8) is 0 Å². The number of rotatable bonds is 5. The van der Waals surface area contributed by atoms with Crippen molar-refractivity contribution >= 4 is 22.6 Å². The molecule has 1 aliphatic carbocycles. The van der Waals surface area contributed by atoms with Gasteiger partial charge in [-0.3, -0.25) is 10.1 Å². The average molecular weight is 462 g/mol. The van der Waals surface area contributed by atoms with Crippen LogP contribution in [0.3, 0.4) is 0 Å². The summed E-state index contributed by atoms with van der Waals surface area (Å²) in [5.74, 6) is 0.338. The Labute approximate surface area is 199 Å². The van der Waals surface area contributed by atoms with Gasteiger partial charge in [0.1, 0.15) is 0 Å². The Balaban J connectivity index is 1.49. The predicted molar refractivity (Wildman–Crippen MR) is 133 cm³/mol. The highest BCUT2D eigenvalue weighted by atomic mass is 16.6. The number of nitrogens with zero attached hydrogens (tertiary/aromatic N) is 4. The smallest absolute Gasteiger partial charge is 0.317 e. The average Bonchev–Trinajstić information content (AvgIpc) is 3.20. The standard InChI is InChI=1S/C26H31N5O3/c1-4-29(5-2)26(32)27-18-14-22-21-7-6-8-23-25(21)17(13-24(22)28(3)16-18)15-30(23)19-9-11-20(12-10-19)31(33)34/h6-12,15,18,22,24H,4-5,13-14,16H2,1-3H3,(H,27,32)/t18-,22+,24+/m0/s1. The largest absolute Gasteiger partial charge is 0.334 e. The number of likely N-dealkylation sites (N-methyl/N-ethyl adjacent to an activating group) is 1. The third kappa shape index (κ3) is 3.72. The quantitative estimate of drug-likeness (QED) is 0.454. The number of carbonyl (C=O) groups is 1. The van der Waals surface area contributed by atoms with E-state index in [4.69, 9.17) is 0 Å². The summed E-state index contributed by atoms with van der Waals surface area (Å²) in [6, 6.07) is 13.7. The fraction of sp³-hybridized carbons (Fsp3) is 0.423. The number of nitrogens with one attached hydrogen (secondary N) is 1. The lowest BCUT2D eigenvalue weighted by molar-refractivity contribution is -0.384. The van der Waals surface area contributed by atoms with Crippen LogP contribution in [0, 0.1) is 10.1 Å². The topological polar surface area (TPSA) is 83.6 Å². The van der Waals surface area contributed by atoms with E-state index in [1.807, 2.05) is 30.9 Å². The van der Waals surface area contributed by atoms with E-state index >= 15 is 0 Å². The molecule has 0 saturated carbocycles. The Morgan fingerprint density at radius 1 is 1.18 bits per heavy atom. The van der Waals surface area contributed by atoms with Crippen LogP contribution in [0.25, 0.3) is 16.6 Å². The lowest BCUT2D eigenvalue weighted by Crippen LogP contribution is -2.56. The maximum absolute atomic E-state index is 12.7. The lowest BCUT2D eigenvalue weighted by atomic mass is 9.74. The van der Waals surface area contributed by atoms with Gasteiger partial charge in [0.15, 0.2) is 0 Å². The van der Waals surface area contributed by atoms with Crippen molar-refractivity contribution < 1.29 is 9.72 Å². The second-order valence-electron chi connectivity index (χ2n) is 9.41. The first-order chi connectivity index (χ1) is 16.4. The van der Waals surface area contributed by atoms with E-state index in [0.29, 0.717) is 25.0 Å². The summed E-state index contributed by atoms with van der Waals surface area (Å²) in [4.78, 5) is 27.6. The molecule has 1 aliphatic heterocycles. The normalized spacial score (nSPS) is 21.8. The molecule has 0 bridgehead atoms. The summed E-state index contributed by atoms with van der Waals surface area (Å²) in [6.07, 6.45) is 4.06. The maximum atomic E-state index is 12.7. The molecule has 2 heterocycles. The van der Waals surface area contributed by atoms with E-state index < -0.39 is 0 Å². The number of hydrogen-bond donors (Lipinski definition) is 1. The Kier molecular flexibility index (Phi) is 5.77. The summed E-state index contributed by atoms with van der Waals surface area (Å²) >= 11 is 0. The van der Waals surface area contributed by atoms with Gasteiger partial charge < -0.3 is 19.7 Å². The summed E-state index contributed by atoms with van der Waals surface area (Å²) in [6.45, 7) is 6.25. The molecule has 2 aliphatic rings. The van der Waals surface area contributed by atoms with E-state index in [-0.39, 0.29) is 22.7 Å². The van der Waals surface area contributed by atoms with Gasteiger partial charge in [0.05, 0.1) is 10.4 Å².